The first-order chi connectivity index (χ1) is 16.4. The molecule has 0 saturated heterocycles. The highest BCUT2D eigenvalue weighted by atomic mass is 19.1. The van der Waals surface area contributed by atoms with Gasteiger partial charge in [-0.15, -0.1) is 0 Å². The second-order valence-corrected chi connectivity index (χ2v) is 8.21. The Bertz CT molecular complexity index is 1060. The van der Waals surface area contributed by atoms with Crippen molar-refractivity contribution in [3.8, 4) is 17.3 Å². The number of benzene rings is 1. The summed E-state index contributed by atoms with van der Waals surface area (Å²) in [5.41, 5.74) is 0.694. The minimum atomic E-state index is -0.501. The van der Waals surface area contributed by atoms with E-state index >= 15 is 0 Å². The number of hydrogen-bond donors (Lipinski definition) is 0. The Morgan fingerprint density at radius 1 is 1.00 bits per heavy atom. The van der Waals surface area contributed by atoms with Gasteiger partial charge < -0.3 is 9.64 Å². The molecule has 0 spiro atoms. The number of pyridine rings is 1. The topological polar surface area (TPSA) is 68.2 Å². The smallest absolute Gasteiger partial charge is 0.254 e. The van der Waals surface area contributed by atoms with Crippen LogP contribution in [0, 0.1) is 17.6 Å². The van der Waals surface area contributed by atoms with Gasteiger partial charge in [0.2, 0.25) is 5.88 Å². The van der Waals surface area contributed by atoms with Gasteiger partial charge in [0.15, 0.2) is 5.82 Å². The molecule has 0 saturated carbocycles. The summed E-state index contributed by atoms with van der Waals surface area (Å²) in [5, 5.41) is 0. The van der Waals surface area contributed by atoms with Crippen molar-refractivity contribution < 1.29 is 18.3 Å². The third-order valence-corrected chi connectivity index (χ3v) is 5.77. The molecular weight excluding hydrogens is 438 g/mol. The second kappa shape index (κ2) is 12.2. The van der Waals surface area contributed by atoms with Crippen LogP contribution in [0.4, 0.5) is 8.78 Å². The largest absolute Gasteiger partial charge is 0.477 e. The molecule has 0 aliphatic carbocycles. The number of hydrogen-bond acceptors (Lipinski definition) is 5. The number of amides is 1. The molecule has 0 N–H and O–H groups in total. The van der Waals surface area contributed by atoms with Gasteiger partial charge in [0.05, 0.1) is 18.4 Å². The standard InChI is InChI=1S/C26H30F2N4O2/c1-4-7-18(17-34-24-12-10-20(28)16-31-24)23(8-5-2)32(3)26(33)22-15-19(27)9-11-21(22)25-29-13-6-14-30-25/h6,9-16,18,23H,4-5,7-8,17H2,1-3H3/t18-,23?/m1/s1. The number of ether oxygens (including phenoxy) is 1. The van der Waals surface area contributed by atoms with Gasteiger partial charge in [-0.2, -0.15) is 0 Å². The third kappa shape index (κ3) is 6.34. The Labute approximate surface area is 199 Å². The number of carbonyl (C=O) groups excluding carboxylic acids is 1. The van der Waals surface area contributed by atoms with E-state index in [1.165, 1.54) is 30.3 Å². The van der Waals surface area contributed by atoms with Crippen LogP contribution < -0.4 is 4.74 Å². The van der Waals surface area contributed by atoms with Crippen molar-refractivity contribution >= 4 is 5.91 Å². The number of rotatable bonds is 11. The quantitative estimate of drug-likeness (QED) is 0.369. The zero-order valence-corrected chi connectivity index (χ0v) is 19.7. The monoisotopic (exact) mass is 468 g/mol. The summed E-state index contributed by atoms with van der Waals surface area (Å²) in [4.78, 5) is 27.8. The summed E-state index contributed by atoms with van der Waals surface area (Å²) in [7, 11) is 1.74. The molecule has 2 atom stereocenters. The molecular formula is C26H30F2N4O2. The molecule has 0 fully saturated rings. The van der Waals surface area contributed by atoms with Gasteiger partial charge in [-0.25, -0.2) is 23.7 Å². The van der Waals surface area contributed by atoms with E-state index in [4.69, 9.17) is 4.74 Å². The molecule has 34 heavy (non-hydrogen) atoms. The average Bonchev–Trinajstić information content (AvgIpc) is 2.86. The van der Waals surface area contributed by atoms with Crippen LogP contribution in [-0.2, 0) is 0 Å². The van der Waals surface area contributed by atoms with Crippen molar-refractivity contribution in [3.63, 3.8) is 0 Å². The van der Waals surface area contributed by atoms with Crippen LogP contribution in [-0.4, -0.2) is 45.5 Å². The first-order valence-electron chi connectivity index (χ1n) is 11.5. The number of aromatic nitrogens is 3. The second-order valence-electron chi connectivity index (χ2n) is 8.21. The van der Waals surface area contributed by atoms with E-state index in [9.17, 15) is 13.6 Å². The molecule has 2 heterocycles. The highest BCUT2D eigenvalue weighted by Crippen LogP contribution is 2.27. The Hall–Kier alpha value is -3.42. The zero-order valence-electron chi connectivity index (χ0n) is 19.7. The van der Waals surface area contributed by atoms with Crippen LogP contribution in [0.5, 0.6) is 5.88 Å². The summed E-state index contributed by atoms with van der Waals surface area (Å²) in [5.74, 6) is -0.529. The molecule has 2 aromatic heterocycles. The molecule has 3 aromatic rings. The summed E-state index contributed by atoms with van der Waals surface area (Å²) in [6, 6.07) is 8.40. The minimum absolute atomic E-state index is 0.00994. The van der Waals surface area contributed by atoms with Crippen LogP contribution in [0.2, 0.25) is 0 Å². The maximum Gasteiger partial charge on any atom is 0.254 e. The van der Waals surface area contributed by atoms with Gasteiger partial charge in [-0.05, 0) is 43.2 Å². The number of nitrogens with zero attached hydrogens (tertiary/aromatic N) is 4. The normalized spacial score (nSPS) is 12.7. The van der Waals surface area contributed by atoms with Crippen molar-refractivity contribution in [2.45, 2.75) is 45.6 Å². The lowest BCUT2D eigenvalue weighted by Crippen LogP contribution is -2.44. The highest BCUT2D eigenvalue weighted by Gasteiger charge is 2.30. The molecule has 3 rings (SSSR count). The maximum atomic E-state index is 14.2. The van der Waals surface area contributed by atoms with E-state index < -0.39 is 11.6 Å². The van der Waals surface area contributed by atoms with E-state index in [2.05, 4.69) is 28.8 Å². The zero-order chi connectivity index (χ0) is 24.5. The lowest BCUT2D eigenvalue weighted by Gasteiger charge is -2.35. The molecule has 8 heteroatoms. The molecule has 1 aromatic carbocycles. The molecule has 180 valence electrons. The van der Waals surface area contributed by atoms with Crippen LogP contribution in [0.3, 0.4) is 0 Å². The van der Waals surface area contributed by atoms with Crippen molar-refractivity contribution in [3.05, 3.63) is 72.2 Å². The summed E-state index contributed by atoms with van der Waals surface area (Å²) in [6.07, 6.45) is 7.61. The Balaban J connectivity index is 1.87. The van der Waals surface area contributed by atoms with Crippen LogP contribution in [0.15, 0.2) is 55.0 Å². The average molecular weight is 469 g/mol. The van der Waals surface area contributed by atoms with Crippen molar-refractivity contribution in [2.75, 3.05) is 13.7 Å². The molecule has 1 amide bonds. The minimum Gasteiger partial charge on any atom is -0.477 e. The van der Waals surface area contributed by atoms with Crippen LogP contribution in [0.1, 0.15) is 49.9 Å². The predicted molar refractivity (Wildman–Crippen MR) is 126 cm³/mol. The maximum absolute atomic E-state index is 14.2. The van der Waals surface area contributed by atoms with Gasteiger partial charge in [0, 0.05) is 43.0 Å². The molecule has 0 bridgehead atoms. The van der Waals surface area contributed by atoms with Crippen molar-refractivity contribution in [1.29, 1.82) is 0 Å². The summed E-state index contributed by atoms with van der Waals surface area (Å²) < 4.78 is 33.2. The van der Waals surface area contributed by atoms with Gasteiger partial charge in [0.1, 0.15) is 11.6 Å². The van der Waals surface area contributed by atoms with Gasteiger partial charge in [-0.3, -0.25) is 4.79 Å². The van der Waals surface area contributed by atoms with E-state index in [0.29, 0.717) is 23.9 Å². The molecule has 0 aliphatic heterocycles. The number of carbonyl (C=O) groups is 1. The van der Waals surface area contributed by atoms with Crippen LogP contribution >= 0.6 is 0 Å². The van der Waals surface area contributed by atoms with Gasteiger partial charge in [0.25, 0.3) is 5.91 Å². The molecule has 0 aliphatic rings. The van der Waals surface area contributed by atoms with Crippen molar-refractivity contribution in [2.24, 2.45) is 5.92 Å². The first kappa shape index (κ1) is 25.2. The molecule has 1 unspecified atom stereocenters. The lowest BCUT2D eigenvalue weighted by molar-refractivity contribution is 0.0594. The fourth-order valence-electron chi connectivity index (χ4n) is 4.11. The fraction of sp³-hybridized carbons (Fsp3) is 0.385. The highest BCUT2D eigenvalue weighted by molar-refractivity contribution is 6.00. The van der Waals surface area contributed by atoms with Gasteiger partial charge in [-0.1, -0.05) is 26.7 Å². The Morgan fingerprint density at radius 2 is 1.71 bits per heavy atom. The molecule has 6 nitrogen and oxygen atoms in total. The van der Waals surface area contributed by atoms with E-state index in [-0.39, 0.29) is 23.4 Å². The number of halogens is 2. The Kier molecular flexibility index (Phi) is 9.01. The van der Waals surface area contributed by atoms with E-state index in [1.807, 2.05) is 0 Å². The predicted octanol–water partition coefficient (Wildman–Crippen LogP) is 5.55. The van der Waals surface area contributed by atoms with Crippen LogP contribution in [0.25, 0.3) is 11.4 Å². The SMILES string of the molecule is CCCC([C@H](CCC)COc1ccc(F)cn1)N(C)C(=O)c1cc(F)ccc1-c1ncccn1. The Morgan fingerprint density at radius 3 is 2.35 bits per heavy atom. The summed E-state index contributed by atoms with van der Waals surface area (Å²) >= 11 is 0. The van der Waals surface area contributed by atoms with E-state index in [0.717, 1.165) is 31.9 Å². The molecule has 0 radical (unpaired) electrons. The van der Waals surface area contributed by atoms with Crippen molar-refractivity contribution in [1.82, 2.24) is 19.9 Å². The lowest BCUT2D eigenvalue weighted by atomic mass is 9.90. The van der Waals surface area contributed by atoms with E-state index in [1.54, 1.807) is 30.4 Å². The fourth-order valence-corrected chi connectivity index (χ4v) is 4.11. The van der Waals surface area contributed by atoms with Gasteiger partial charge >= 0.3 is 0 Å². The first-order valence-corrected chi connectivity index (χ1v) is 11.5. The summed E-state index contributed by atoms with van der Waals surface area (Å²) in [6.45, 7) is 4.46. The third-order valence-electron chi connectivity index (χ3n) is 5.77.